The van der Waals surface area contributed by atoms with Gasteiger partial charge in [-0.1, -0.05) is 37.0 Å². The molecule has 0 N–H and O–H groups in total. The Morgan fingerprint density at radius 3 is 2.47 bits per heavy atom. The summed E-state index contributed by atoms with van der Waals surface area (Å²) in [5.41, 5.74) is 0. The number of carbonyl (C=O) groups is 1. The molecule has 0 aromatic carbocycles. The van der Waals surface area contributed by atoms with E-state index >= 15 is 0 Å². The number of halogens is 2. The Kier molecular flexibility index (Phi) is 6.38. The third kappa shape index (κ3) is 4.88. The highest BCUT2D eigenvalue weighted by Gasteiger charge is 2.20. The van der Waals surface area contributed by atoms with Crippen molar-refractivity contribution in [2.45, 2.75) is 45.8 Å². The average molecular weight is 306 g/mol. The topological polar surface area (TPSA) is 48.4 Å². The Labute approximate surface area is 123 Å². The van der Waals surface area contributed by atoms with Gasteiger partial charge in [0.1, 0.15) is 11.3 Å². The molecule has 1 heterocycles. The van der Waals surface area contributed by atoms with E-state index in [0.717, 1.165) is 12.8 Å². The predicted molar refractivity (Wildman–Crippen MR) is 74.8 cm³/mol. The van der Waals surface area contributed by atoms with Crippen molar-refractivity contribution >= 4 is 29.2 Å². The molecule has 1 atom stereocenters. The molecule has 1 aromatic rings. The number of hydrogen-bond donors (Lipinski definition) is 0. The summed E-state index contributed by atoms with van der Waals surface area (Å²) in [6.07, 6.45) is 0.717. The summed E-state index contributed by atoms with van der Waals surface area (Å²) in [7, 11) is 0. The predicted octanol–water partition coefficient (Wildman–Crippen LogP) is 3.89. The minimum atomic E-state index is -0.749. The van der Waals surface area contributed by atoms with Crippen molar-refractivity contribution < 1.29 is 14.3 Å². The summed E-state index contributed by atoms with van der Waals surface area (Å²) < 4.78 is 10.7. The molecule has 0 bridgehead atoms. The summed E-state index contributed by atoms with van der Waals surface area (Å²) >= 11 is 11.5. The van der Waals surface area contributed by atoms with E-state index in [4.69, 9.17) is 32.7 Å². The van der Waals surface area contributed by atoms with Crippen molar-refractivity contribution in [2.24, 2.45) is 0 Å². The summed E-state index contributed by atoms with van der Waals surface area (Å²) in [5.74, 6) is -0.111. The normalized spacial score (nSPS) is 12.3. The van der Waals surface area contributed by atoms with Crippen LogP contribution in [0.4, 0.5) is 0 Å². The van der Waals surface area contributed by atoms with E-state index in [9.17, 15) is 4.79 Å². The Morgan fingerprint density at radius 1 is 1.32 bits per heavy atom. The molecular weight excluding hydrogens is 289 g/mol. The number of esters is 1. The maximum atomic E-state index is 11.8. The highest BCUT2D eigenvalue weighted by Crippen LogP contribution is 2.25. The van der Waals surface area contributed by atoms with Gasteiger partial charge in [-0.15, -0.1) is 0 Å². The number of aromatic nitrogens is 1. The van der Waals surface area contributed by atoms with E-state index in [1.54, 1.807) is 19.1 Å². The monoisotopic (exact) mass is 305 g/mol. The molecule has 0 spiro atoms. The van der Waals surface area contributed by atoms with Crippen LogP contribution in [0, 0.1) is 0 Å². The van der Waals surface area contributed by atoms with Crippen molar-refractivity contribution in [2.75, 3.05) is 0 Å². The van der Waals surface area contributed by atoms with Crippen LogP contribution in [0.3, 0.4) is 0 Å². The molecule has 0 aliphatic rings. The van der Waals surface area contributed by atoms with E-state index in [1.807, 2.05) is 13.8 Å². The van der Waals surface area contributed by atoms with E-state index in [-0.39, 0.29) is 16.4 Å². The quantitative estimate of drug-likeness (QED) is 0.591. The van der Waals surface area contributed by atoms with E-state index < -0.39 is 12.1 Å². The Morgan fingerprint density at radius 2 is 1.95 bits per heavy atom. The molecular formula is C13H17Cl2NO3. The Bertz CT molecular complexity index is 436. The number of carbonyl (C=O) groups excluding carboxylic acids is 1. The van der Waals surface area contributed by atoms with Crippen LogP contribution in [0.25, 0.3) is 0 Å². The lowest BCUT2D eigenvalue weighted by atomic mass is 10.2. The summed E-state index contributed by atoms with van der Waals surface area (Å²) in [4.78, 5) is 15.7. The minimum absolute atomic E-state index is 0.0858. The fourth-order valence-electron chi connectivity index (χ4n) is 1.44. The molecule has 1 unspecified atom stereocenters. The number of hydrogen-bond acceptors (Lipinski definition) is 4. The van der Waals surface area contributed by atoms with Gasteiger partial charge in [0.25, 0.3) is 0 Å². The van der Waals surface area contributed by atoms with Crippen molar-refractivity contribution in [3.05, 3.63) is 22.4 Å². The first-order chi connectivity index (χ1) is 8.97. The maximum absolute atomic E-state index is 11.8. The van der Waals surface area contributed by atoms with Crippen molar-refractivity contribution in [3.63, 3.8) is 0 Å². The molecule has 0 radical (unpaired) electrons. The van der Waals surface area contributed by atoms with Crippen molar-refractivity contribution in [1.82, 2.24) is 4.98 Å². The van der Waals surface area contributed by atoms with Crippen LogP contribution < -0.4 is 4.74 Å². The van der Waals surface area contributed by atoms with Crippen LogP contribution in [0.2, 0.25) is 10.3 Å². The zero-order valence-corrected chi connectivity index (χ0v) is 12.7. The molecule has 0 aliphatic heterocycles. The third-order valence-corrected chi connectivity index (χ3v) is 3.09. The van der Waals surface area contributed by atoms with E-state index in [1.165, 1.54) is 0 Å². The van der Waals surface area contributed by atoms with Crippen LogP contribution in [0.5, 0.6) is 5.75 Å². The molecule has 0 saturated heterocycles. The molecule has 1 rings (SSSR count). The highest BCUT2D eigenvalue weighted by atomic mass is 35.5. The summed E-state index contributed by atoms with van der Waals surface area (Å²) in [6, 6.07) is 3.11. The molecule has 0 saturated carbocycles. The zero-order chi connectivity index (χ0) is 14.4. The van der Waals surface area contributed by atoms with Crippen LogP contribution >= 0.6 is 23.2 Å². The largest absolute Gasteiger partial charge is 0.476 e. The maximum Gasteiger partial charge on any atom is 0.347 e. The SMILES string of the molecule is CCC(CC)OC(=O)C(C)Oc1ccc(Cl)nc1Cl. The molecule has 6 heteroatoms. The minimum Gasteiger partial charge on any atom is -0.476 e. The fourth-order valence-corrected chi connectivity index (χ4v) is 1.83. The van der Waals surface area contributed by atoms with Gasteiger partial charge in [0.2, 0.25) is 0 Å². The third-order valence-electron chi connectivity index (χ3n) is 2.61. The van der Waals surface area contributed by atoms with Crippen LogP contribution in [0.1, 0.15) is 33.6 Å². The second kappa shape index (κ2) is 7.56. The zero-order valence-electron chi connectivity index (χ0n) is 11.2. The standard InChI is InChI=1S/C13H17Cl2NO3/c1-4-9(5-2)19-13(17)8(3)18-10-6-7-11(14)16-12(10)15/h6-9H,4-5H2,1-3H3. The van der Waals surface area contributed by atoms with Crippen molar-refractivity contribution in [3.8, 4) is 5.75 Å². The average Bonchev–Trinajstić information content (AvgIpc) is 2.38. The van der Waals surface area contributed by atoms with Gasteiger partial charge in [-0.05, 0) is 31.9 Å². The second-order valence-electron chi connectivity index (χ2n) is 4.06. The number of rotatable bonds is 6. The van der Waals surface area contributed by atoms with E-state index in [2.05, 4.69) is 4.98 Å². The van der Waals surface area contributed by atoms with Gasteiger partial charge < -0.3 is 9.47 Å². The van der Waals surface area contributed by atoms with Gasteiger partial charge >= 0.3 is 5.97 Å². The summed E-state index contributed by atoms with van der Waals surface area (Å²) in [5, 5.41) is 0.388. The molecule has 0 fully saturated rings. The van der Waals surface area contributed by atoms with E-state index in [0.29, 0.717) is 5.75 Å². The number of nitrogens with zero attached hydrogens (tertiary/aromatic N) is 1. The van der Waals surface area contributed by atoms with Crippen LogP contribution in [-0.2, 0) is 9.53 Å². The molecule has 19 heavy (non-hydrogen) atoms. The van der Waals surface area contributed by atoms with Gasteiger partial charge in [0.05, 0.1) is 0 Å². The second-order valence-corrected chi connectivity index (χ2v) is 4.80. The van der Waals surface area contributed by atoms with Crippen LogP contribution in [-0.4, -0.2) is 23.2 Å². The smallest absolute Gasteiger partial charge is 0.347 e. The summed E-state index contributed by atoms with van der Waals surface area (Å²) in [6.45, 7) is 5.54. The molecule has 1 aromatic heterocycles. The fraction of sp³-hybridized carbons (Fsp3) is 0.538. The lowest BCUT2D eigenvalue weighted by Crippen LogP contribution is -2.30. The highest BCUT2D eigenvalue weighted by molar-refractivity contribution is 6.33. The Balaban J connectivity index is 2.63. The first-order valence-electron chi connectivity index (χ1n) is 6.17. The first kappa shape index (κ1) is 16.1. The number of ether oxygens (including phenoxy) is 2. The Hall–Kier alpha value is -1.00. The van der Waals surface area contributed by atoms with Gasteiger partial charge in [0.15, 0.2) is 17.0 Å². The van der Waals surface area contributed by atoms with Gasteiger partial charge in [-0.2, -0.15) is 0 Å². The molecule has 0 aliphatic carbocycles. The van der Waals surface area contributed by atoms with Gasteiger partial charge in [-0.3, -0.25) is 0 Å². The lowest BCUT2D eigenvalue weighted by Gasteiger charge is -2.18. The van der Waals surface area contributed by atoms with Crippen molar-refractivity contribution in [1.29, 1.82) is 0 Å². The number of pyridine rings is 1. The van der Waals surface area contributed by atoms with Crippen LogP contribution in [0.15, 0.2) is 12.1 Å². The molecule has 4 nitrogen and oxygen atoms in total. The molecule has 106 valence electrons. The van der Waals surface area contributed by atoms with Gasteiger partial charge in [0, 0.05) is 0 Å². The molecule has 0 amide bonds. The first-order valence-corrected chi connectivity index (χ1v) is 6.92. The lowest BCUT2D eigenvalue weighted by molar-refractivity contribution is -0.157. The van der Waals surface area contributed by atoms with Gasteiger partial charge in [-0.25, -0.2) is 9.78 Å².